The largest absolute Gasteiger partial charge is 0.497 e. The van der Waals surface area contributed by atoms with Crippen LogP contribution in [0.15, 0.2) is 24.3 Å². The average Bonchev–Trinajstić information content (AvgIpc) is 3.05. The first kappa shape index (κ1) is 20.4. The van der Waals surface area contributed by atoms with Crippen LogP contribution in [0.1, 0.15) is 56.9 Å². The average molecular weight is 398 g/mol. The van der Waals surface area contributed by atoms with E-state index in [2.05, 4.69) is 22.3 Å². The molecule has 1 saturated heterocycles. The molecule has 5 nitrogen and oxygen atoms in total. The molecule has 5 heteroatoms. The minimum absolute atomic E-state index is 0.258. The van der Waals surface area contributed by atoms with Gasteiger partial charge in [-0.3, -0.25) is 0 Å². The van der Waals surface area contributed by atoms with Crippen molar-refractivity contribution in [2.75, 3.05) is 31.7 Å². The van der Waals surface area contributed by atoms with Crippen molar-refractivity contribution in [1.29, 1.82) is 0 Å². The lowest BCUT2D eigenvalue weighted by molar-refractivity contribution is 0.208. The van der Waals surface area contributed by atoms with Crippen molar-refractivity contribution in [3.8, 4) is 5.75 Å². The van der Waals surface area contributed by atoms with Crippen LogP contribution in [0.5, 0.6) is 5.75 Å². The van der Waals surface area contributed by atoms with E-state index in [4.69, 9.17) is 9.72 Å². The van der Waals surface area contributed by atoms with Gasteiger partial charge in [0.05, 0.1) is 12.6 Å². The van der Waals surface area contributed by atoms with E-state index >= 15 is 0 Å². The van der Waals surface area contributed by atoms with Gasteiger partial charge in [-0.1, -0.05) is 25.7 Å². The van der Waals surface area contributed by atoms with Gasteiger partial charge in [-0.25, -0.2) is 4.98 Å². The maximum absolute atomic E-state index is 9.69. The number of methoxy groups -OCH3 is 1. The molecule has 2 aromatic rings. The molecule has 0 bridgehead atoms. The van der Waals surface area contributed by atoms with E-state index in [-0.39, 0.29) is 6.61 Å². The molecule has 4 rings (SSSR count). The Morgan fingerprint density at radius 1 is 1.10 bits per heavy atom. The van der Waals surface area contributed by atoms with Crippen LogP contribution in [0.4, 0.5) is 5.82 Å². The highest BCUT2D eigenvalue weighted by Gasteiger charge is 2.23. The highest BCUT2D eigenvalue weighted by atomic mass is 16.5. The summed E-state index contributed by atoms with van der Waals surface area (Å²) in [6, 6.07) is 9.04. The molecule has 0 amide bonds. The number of hydrogen-bond acceptors (Lipinski definition) is 5. The summed E-state index contributed by atoms with van der Waals surface area (Å²) in [4.78, 5) is 7.47. The molecule has 1 aliphatic carbocycles. The van der Waals surface area contributed by atoms with Crippen LogP contribution in [-0.4, -0.2) is 42.9 Å². The summed E-state index contributed by atoms with van der Waals surface area (Å²) in [5, 5.41) is 14.7. The number of nitrogens with zero attached hydrogens (tertiary/aromatic N) is 2. The fourth-order valence-corrected chi connectivity index (χ4v) is 4.86. The fraction of sp³-hybridized carbons (Fsp3) is 0.625. The SMILES string of the molecule is COc1ccc2cc(CNC3CCCCCC3)c(N3CCC[C@H](CO)C3)nc2c1. The summed E-state index contributed by atoms with van der Waals surface area (Å²) >= 11 is 0. The zero-order chi connectivity index (χ0) is 20.1. The Kier molecular flexibility index (Phi) is 6.88. The number of aliphatic hydroxyl groups is 1. The summed E-state index contributed by atoms with van der Waals surface area (Å²) in [6.45, 7) is 3.01. The summed E-state index contributed by atoms with van der Waals surface area (Å²) in [7, 11) is 1.70. The predicted octanol–water partition coefficient (Wildman–Crippen LogP) is 4.26. The third-order valence-electron chi connectivity index (χ3n) is 6.59. The van der Waals surface area contributed by atoms with Gasteiger partial charge < -0.3 is 20.1 Å². The molecule has 0 radical (unpaired) electrons. The third-order valence-corrected chi connectivity index (χ3v) is 6.59. The van der Waals surface area contributed by atoms with Crippen molar-refractivity contribution >= 4 is 16.7 Å². The minimum atomic E-state index is 0.258. The maximum atomic E-state index is 9.69. The van der Waals surface area contributed by atoms with Crippen LogP contribution >= 0.6 is 0 Å². The second kappa shape index (κ2) is 9.77. The lowest BCUT2D eigenvalue weighted by Gasteiger charge is -2.34. The number of pyridine rings is 1. The number of piperidine rings is 1. The Bertz CT molecular complexity index is 802. The van der Waals surface area contributed by atoms with E-state index in [9.17, 15) is 5.11 Å². The third kappa shape index (κ3) is 5.01. The van der Waals surface area contributed by atoms with Gasteiger partial charge in [-0.15, -0.1) is 0 Å². The number of benzene rings is 1. The Hall–Kier alpha value is -1.85. The van der Waals surface area contributed by atoms with Gasteiger partial charge in [0.1, 0.15) is 11.6 Å². The molecule has 158 valence electrons. The Morgan fingerprint density at radius 2 is 1.93 bits per heavy atom. The number of fused-ring (bicyclic) bond motifs is 1. The predicted molar refractivity (Wildman–Crippen MR) is 119 cm³/mol. The number of nitrogens with one attached hydrogen (secondary N) is 1. The minimum Gasteiger partial charge on any atom is -0.497 e. The summed E-state index contributed by atoms with van der Waals surface area (Å²) in [5.74, 6) is 2.26. The van der Waals surface area contributed by atoms with Crippen LogP contribution in [-0.2, 0) is 6.54 Å². The Balaban J connectivity index is 1.62. The van der Waals surface area contributed by atoms with Gasteiger partial charge in [-0.05, 0) is 49.8 Å². The number of anilines is 1. The monoisotopic (exact) mass is 397 g/mol. The smallest absolute Gasteiger partial charge is 0.133 e. The maximum Gasteiger partial charge on any atom is 0.133 e. The normalized spacial score (nSPS) is 21.3. The molecule has 0 unspecified atom stereocenters. The van der Waals surface area contributed by atoms with E-state index in [0.717, 1.165) is 54.9 Å². The standard InChI is InChI=1S/C24H35N3O2/c1-29-22-11-10-19-13-20(15-25-21-8-4-2-3-5-9-21)24(26-23(19)14-22)27-12-6-7-18(16-27)17-28/h10-11,13-14,18,21,25,28H,2-9,12,15-17H2,1H3/t18-/m0/s1. The van der Waals surface area contributed by atoms with Crippen molar-refractivity contribution in [3.63, 3.8) is 0 Å². The van der Waals surface area contributed by atoms with Gasteiger partial charge >= 0.3 is 0 Å². The van der Waals surface area contributed by atoms with Crippen LogP contribution in [0, 0.1) is 5.92 Å². The van der Waals surface area contributed by atoms with E-state index in [0.29, 0.717) is 12.0 Å². The first-order chi connectivity index (χ1) is 14.3. The quantitative estimate of drug-likeness (QED) is 0.713. The van der Waals surface area contributed by atoms with E-state index in [1.165, 1.54) is 44.1 Å². The molecule has 2 heterocycles. The molecule has 1 aliphatic heterocycles. The molecule has 2 aliphatic rings. The summed E-state index contributed by atoms with van der Waals surface area (Å²) in [5.41, 5.74) is 2.24. The van der Waals surface area contributed by atoms with Gasteiger partial charge in [0.2, 0.25) is 0 Å². The molecule has 2 N–H and O–H groups in total. The van der Waals surface area contributed by atoms with E-state index < -0.39 is 0 Å². The number of hydrogen-bond donors (Lipinski definition) is 2. The van der Waals surface area contributed by atoms with Crippen molar-refractivity contribution < 1.29 is 9.84 Å². The second-order valence-corrected chi connectivity index (χ2v) is 8.74. The van der Waals surface area contributed by atoms with Crippen molar-refractivity contribution in [1.82, 2.24) is 10.3 Å². The number of rotatable bonds is 6. The number of aliphatic hydroxyl groups excluding tert-OH is 1. The molecular formula is C24H35N3O2. The van der Waals surface area contributed by atoms with Crippen LogP contribution in [0.3, 0.4) is 0 Å². The zero-order valence-electron chi connectivity index (χ0n) is 17.7. The summed E-state index contributed by atoms with van der Waals surface area (Å²) < 4.78 is 5.41. The Morgan fingerprint density at radius 3 is 2.69 bits per heavy atom. The van der Waals surface area contributed by atoms with E-state index in [1.54, 1.807) is 7.11 Å². The molecule has 1 atom stereocenters. The van der Waals surface area contributed by atoms with Crippen molar-refractivity contribution in [3.05, 3.63) is 29.8 Å². The van der Waals surface area contributed by atoms with Crippen molar-refractivity contribution in [2.45, 2.75) is 64.0 Å². The van der Waals surface area contributed by atoms with E-state index in [1.807, 2.05) is 12.1 Å². The molecule has 0 spiro atoms. The summed E-state index contributed by atoms with van der Waals surface area (Å²) in [6.07, 6.45) is 10.2. The molecule has 1 aromatic carbocycles. The first-order valence-electron chi connectivity index (χ1n) is 11.3. The molecule has 1 saturated carbocycles. The zero-order valence-corrected chi connectivity index (χ0v) is 17.7. The van der Waals surface area contributed by atoms with Crippen LogP contribution in [0.2, 0.25) is 0 Å². The topological polar surface area (TPSA) is 57.6 Å². The fourth-order valence-electron chi connectivity index (χ4n) is 4.86. The van der Waals surface area contributed by atoms with Gasteiger partial charge in [0.15, 0.2) is 0 Å². The highest BCUT2D eigenvalue weighted by molar-refractivity contribution is 5.83. The number of ether oxygens (including phenoxy) is 1. The van der Waals surface area contributed by atoms with Gasteiger partial charge in [0, 0.05) is 49.3 Å². The lowest BCUT2D eigenvalue weighted by atomic mass is 9.98. The molecule has 29 heavy (non-hydrogen) atoms. The van der Waals surface area contributed by atoms with Crippen LogP contribution in [0.25, 0.3) is 10.9 Å². The molecular weight excluding hydrogens is 362 g/mol. The van der Waals surface area contributed by atoms with Gasteiger partial charge in [0.25, 0.3) is 0 Å². The number of aromatic nitrogens is 1. The van der Waals surface area contributed by atoms with Crippen molar-refractivity contribution in [2.24, 2.45) is 5.92 Å². The lowest BCUT2D eigenvalue weighted by Crippen LogP contribution is -2.38. The highest BCUT2D eigenvalue weighted by Crippen LogP contribution is 2.30. The second-order valence-electron chi connectivity index (χ2n) is 8.74. The molecule has 2 fully saturated rings. The first-order valence-corrected chi connectivity index (χ1v) is 11.3. The molecule has 1 aromatic heterocycles. The van der Waals surface area contributed by atoms with Crippen LogP contribution < -0.4 is 15.0 Å². The van der Waals surface area contributed by atoms with Gasteiger partial charge in [-0.2, -0.15) is 0 Å². The Labute approximate surface area is 174 Å².